The van der Waals surface area contributed by atoms with Crippen LogP contribution in [0.1, 0.15) is 0 Å². The molecule has 0 saturated heterocycles. The van der Waals surface area contributed by atoms with Crippen molar-refractivity contribution in [2.24, 2.45) is 0 Å². The highest BCUT2D eigenvalue weighted by Crippen LogP contribution is 2.31. The Labute approximate surface area is 88.5 Å². The van der Waals surface area contributed by atoms with Crippen molar-refractivity contribution in [1.82, 2.24) is 0 Å². The molecule has 1 nitrogen and oxygen atoms in total. The molecule has 1 aromatic carbocycles. The summed E-state index contributed by atoms with van der Waals surface area (Å²) in [6.07, 6.45) is 0. The van der Waals surface area contributed by atoms with Crippen LogP contribution in [0.5, 0.6) is 0 Å². The van der Waals surface area contributed by atoms with Gasteiger partial charge in [0.2, 0.25) is 0 Å². The molecule has 0 radical (unpaired) electrons. The van der Waals surface area contributed by atoms with E-state index in [0.29, 0.717) is 15.4 Å². The summed E-state index contributed by atoms with van der Waals surface area (Å²) in [7, 11) is 0. The first-order valence-electron chi connectivity index (χ1n) is 3.55. The van der Waals surface area contributed by atoms with E-state index in [1.807, 2.05) is 0 Å². The van der Waals surface area contributed by atoms with Crippen molar-refractivity contribution < 1.29 is 0 Å². The molecule has 4 heteroatoms. The molecule has 0 aliphatic carbocycles. The Bertz CT molecular complexity index is 518. The Kier molecular flexibility index (Phi) is 2.28. The number of halogens is 2. The zero-order chi connectivity index (χ0) is 9.42. The van der Waals surface area contributed by atoms with Crippen molar-refractivity contribution in [2.75, 3.05) is 0 Å². The fraction of sp³-hybridized carbons (Fsp3) is 0. The van der Waals surface area contributed by atoms with E-state index in [0.717, 1.165) is 4.70 Å². The predicted octanol–water partition coefficient (Wildman–Crippen LogP) is 3.57. The average molecular weight is 231 g/mol. The van der Waals surface area contributed by atoms with Crippen LogP contribution in [0.2, 0.25) is 10.0 Å². The highest BCUT2D eigenvalue weighted by atomic mass is 35.5. The molecule has 1 heterocycles. The standard InChI is InChI=1S/C9H4Cl2OS/c10-6-2-1-5-7(12)3-4-13-9(5)8(6)11/h1-4H. The summed E-state index contributed by atoms with van der Waals surface area (Å²) in [5, 5.41) is 3.28. The normalized spacial score (nSPS) is 10.6. The molecule has 0 aliphatic heterocycles. The van der Waals surface area contributed by atoms with Crippen LogP contribution in [0.3, 0.4) is 0 Å². The Balaban J connectivity index is 3.03. The second-order valence-corrected chi connectivity index (χ2v) is 4.22. The molecule has 0 amide bonds. The summed E-state index contributed by atoms with van der Waals surface area (Å²) >= 11 is 13.2. The average Bonchev–Trinajstić information content (AvgIpc) is 2.12. The van der Waals surface area contributed by atoms with Crippen molar-refractivity contribution >= 4 is 44.6 Å². The van der Waals surface area contributed by atoms with Gasteiger partial charge in [-0.05, 0) is 23.6 Å². The molecule has 0 bridgehead atoms. The summed E-state index contributed by atoms with van der Waals surface area (Å²) in [6.45, 7) is 0. The number of hydrogen-bond acceptors (Lipinski definition) is 2. The lowest BCUT2D eigenvalue weighted by atomic mass is 10.2. The van der Waals surface area contributed by atoms with E-state index in [1.54, 1.807) is 17.5 Å². The van der Waals surface area contributed by atoms with Gasteiger partial charge in [0.05, 0.1) is 14.7 Å². The van der Waals surface area contributed by atoms with Crippen LogP contribution in [-0.2, 0) is 0 Å². The quantitative estimate of drug-likeness (QED) is 0.677. The first-order valence-corrected chi connectivity index (χ1v) is 5.19. The van der Waals surface area contributed by atoms with Gasteiger partial charge in [0.25, 0.3) is 0 Å². The topological polar surface area (TPSA) is 17.1 Å². The molecule has 1 aromatic heterocycles. The van der Waals surface area contributed by atoms with Gasteiger partial charge in [0.15, 0.2) is 5.43 Å². The van der Waals surface area contributed by atoms with Gasteiger partial charge in [-0.2, -0.15) is 0 Å². The van der Waals surface area contributed by atoms with Crippen molar-refractivity contribution in [3.05, 3.63) is 43.8 Å². The third-order valence-corrected chi connectivity index (χ3v) is 3.57. The molecule has 2 rings (SSSR count). The van der Waals surface area contributed by atoms with E-state index in [9.17, 15) is 4.79 Å². The van der Waals surface area contributed by atoms with Crippen molar-refractivity contribution in [3.8, 4) is 0 Å². The number of benzene rings is 1. The lowest BCUT2D eigenvalue weighted by Crippen LogP contribution is -1.96. The third-order valence-electron chi connectivity index (χ3n) is 1.72. The van der Waals surface area contributed by atoms with Crippen LogP contribution >= 0.6 is 34.5 Å². The smallest absolute Gasteiger partial charge is 0.188 e. The van der Waals surface area contributed by atoms with Gasteiger partial charge in [-0.25, -0.2) is 0 Å². The summed E-state index contributed by atoms with van der Waals surface area (Å²) in [5.41, 5.74) is -0.0210. The summed E-state index contributed by atoms with van der Waals surface area (Å²) in [5.74, 6) is 0. The molecule has 0 aliphatic rings. The van der Waals surface area contributed by atoms with Crippen molar-refractivity contribution in [1.29, 1.82) is 0 Å². The summed E-state index contributed by atoms with van der Waals surface area (Å²) < 4.78 is 0.752. The first-order chi connectivity index (χ1) is 6.20. The van der Waals surface area contributed by atoms with Crippen LogP contribution in [0.4, 0.5) is 0 Å². The van der Waals surface area contributed by atoms with E-state index >= 15 is 0 Å². The van der Waals surface area contributed by atoms with Gasteiger partial charge in [0.1, 0.15) is 0 Å². The lowest BCUT2D eigenvalue weighted by Gasteiger charge is -1.99. The zero-order valence-electron chi connectivity index (χ0n) is 6.38. The van der Waals surface area contributed by atoms with Crippen LogP contribution in [0.25, 0.3) is 10.1 Å². The predicted molar refractivity (Wildman–Crippen MR) is 58.1 cm³/mol. The maximum atomic E-state index is 11.3. The minimum atomic E-state index is -0.0210. The fourth-order valence-electron chi connectivity index (χ4n) is 1.09. The van der Waals surface area contributed by atoms with E-state index in [1.165, 1.54) is 17.4 Å². The highest BCUT2D eigenvalue weighted by Gasteiger charge is 2.05. The SMILES string of the molecule is O=c1ccsc2c(Cl)c(Cl)ccc12. The number of rotatable bonds is 0. The van der Waals surface area contributed by atoms with Gasteiger partial charge >= 0.3 is 0 Å². The van der Waals surface area contributed by atoms with E-state index in [2.05, 4.69) is 0 Å². The van der Waals surface area contributed by atoms with Crippen LogP contribution in [-0.4, -0.2) is 0 Å². The van der Waals surface area contributed by atoms with Crippen molar-refractivity contribution in [2.45, 2.75) is 0 Å². The van der Waals surface area contributed by atoms with Gasteiger partial charge in [-0.1, -0.05) is 23.2 Å². The second kappa shape index (κ2) is 3.29. The van der Waals surface area contributed by atoms with E-state index in [4.69, 9.17) is 23.2 Å². The molecule has 66 valence electrons. The Morgan fingerprint density at radius 2 is 1.92 bits per heavy atom. The van der Waals surface area contributed by atoms with Crippen molar-refractivity contribution in [3.63, 3.8) is 0 Å². The van der Waals surface area contributed by atoms with Crippen LogP contribution < -0.4 is 5.43 Å². The molecule has 0 spiro atoms. The maximum absolute atomic E-state index is 11.3. The minimum absolute atomic E-state index is 0.0210. The van der Waals surface area contributed by atoms with Crippen LogP contribution in [0, 0.1) is 0 Å². The molecular formula is C9H4Cl2OS. The largest absolute Gasteiger partial charge is 0.289 e. The first kappa shape index (κ1) is 9.00. The summed E-state index contributed by atoms with van der Waals surface area (Å²) in [6, 6.07) is 4.86. The fourth-order valence-corrected chi connectivity index (χ4v) is 2.44. The highest BCUT2D eigenvalue weighted by molar-refractivity contribution is 7.17. The molecule has 2 aromatic rings. The van der Waals surface area contributed by atoms with E-state index in [-0.39, 0.29) is 5.43 Å². The van der Waals surface area contributed by atoms with Gasteiger partial charge in [0, 0.05) is 5.39 Å². The monoisotopic (exact) mass is 230 g/mol. The van der Waals surface area contributed by atoms with Gasteiger partial charge < -0.3 is 0 Å². The molecule has 0 saturated carbocycles. The molecular weight excluding hydrogens is 227 g/mol. The minimum Gasteiger partial charge on any atom is -0.289 e. The molecule has 0 atom stereocenters. The molecule has 13 heavy (non-hydrogen) atoms. The summed E-state index contributed by atoms with van der Waals surface area (Å²) in [4.78, 5) is 11.3. The Morgan fingerprint density at radius 3 is 2.69 bits per heavy atom. The van der Waals surface area contributed by atoms with Gasteiger partial charge in [-0.15, -0.1) is 11.3 Å². The van der Waals surface area contributed by atoms with Crippen LogP contribution in [0.15, 0.2) is 28.4 Å². The second-order valence-electron chi connectivity index (χ2n) is 2.52. The molecule has 0 fully saturated rings. The van der Waals surface area contributed by atoms with E-state index < -0.39 is 0 Å². The Morgan fingerprint density at radius 1 is 1.15 bits per heavy atom. The maximum Gasteiger partial charge on any atom is 0.188 e. The lowest BCUT2D eigenvalue weighted by molar-refractivity contribution is 1.72. The van der Waals surface area contributed by atoms with Gasteiger partial charge in [-0.3, -0.25) is 4.79 Å². The third kappa shape index (κ3) is 1.46. The number of fused-ring (bicyclic) bond motifs is 1. The zero-order valence-corrected chi connectivity index (χ0v) is 8.71. The Hall–Kier alpha value is -0.570. The molecule has 0 N–H and O–H groups in total. The number of hydrogen-bond donors (Lipinski definition) is 0. The molecule has 0 unspecified atom stereocenters.